The SMILES string of the molecule is COC(=O)c1cnc(N2CCC(C(=O)NCc3ccco3)CC2)c(S(=O)(=O)N2CCOCC2)c1. The minimum absolute atomic E-state index is 0.0435. The standard InChI is InChI=1S/C22H28N4O7S/c1-31-22(28)17-13-19(34(29,30)26-8-11-32-12-9-26)20(23-14-17)25-6-4-16(5-7-25)21(27)24-15-18-3-2-10-33-18/h2-3,10,13-14,16H,4-9,11-12,15H2,1H3,(H,24,27). The van der Waals surface area contributed by atoms with Gasteiger partial charge < -0.3 is 24.1 Å². The molecular formula is C22H28N4O7S. The number of nitrogens with one attached hydrogen (secondary N) is 1. The van der Waals surface area contributed by atoms with Crippen LogP contribution in [0.5, 0.6) is 0 Å². The molecule has 2 aliphatic heterocycles. The number of esters is 1. The molecule has 11 nitrogen and oxygen atoms in total. The van der Waals surface area contributed by atoms with Crippen LogP contribution in [0.3, 0.4) is 0 Å². The van der Waals surface area contributed by atoms with Crippen molar-refractivity contribution in [1.29, 1.82) is 0 Å². The second kappa shape index (κ2) is 10.5. The smallest absolute Gasteiger partial charge is 0.339 e. The van der Waals surface area contributed by atoms with Crippen molar-refractivity contribution in [3.63, 3.8) is 0 Å². The summed E-state index contributed by atoms with van der Waals surface area (Å²) in [6.07, 6.45) is 3.96. The Balaban J connectivity index is 1.51. The third-order valence-electron chi connectivity index (χ3n) is 6.02. The molecule has 2 fully saturated rings. The van der Waals surface area contributed by atoms with E-state index in [2.05, 4.69) is 10.3 Å². The molecule has 0 aromatic carbocycles. The lowest BCUT2D eigenvalue weighted by atomic mass is 9.96. The Bertz CT molecular complexity index is 1110. The summed E-state index contributed by atoms with van der Waals surface area (Å²) in [5.41, 5.74) is 0.0604. The minimum atomic E-state index is -3.92. The maximum absolute atomic E-state index is 13.5. The number of rotatable bonds is 7. The highest BCUT2D eigenvalue weighted by molar-refractivity contribution is 7.89. The summed E-state index contributed by atoms with van der Waals surface area (Å²) in [6.45, 7) is 2.29. The van der Waals surface area contributed by atoms with E-state index >= 15 is 0 Å². The summed E-state index contributed by atoms with van der Waals surface area (Å²) in [4.78, 5) is 30.8. The highest BCUT2D eigenvalue weighted by atomic mass is 32.2. The number of nitrogens with zero attached hydrogens (tertiary/aromatic N) is 3. The van der Waals surface area contributed by atoms with Crippen molar-refractivity contribution >= 4 is 27.7 Å². The number of sulfonamides is 1. The predicted molar refractivity (Wildman–Crippen MR) is 121 cm³/mol. The average Bonchev–Trinajstić information content (AvgIpc) is 3.41. The molecule has 2 saturated heterocycles. The van der Waals surface area contributed by atoms with Crippen LogP contribution in [0.25, 0.3) is 0 Å². The first-order valence-corrected chi connectivity index (χ1v) is 12.6. The van der Waals surface area contributed by atoms with E-state index in [1.54, 1.807) is 18.4 Å². The number of hydrogen-bond acceptors (Lipinski definition) is 9. The van der Waals surface area contributed by atoms with Gasteiger partial charge in [-0.05, 0) is 31.0 Å². The first kappa shape index (κ1) is 24.2. The topological polar surface area (TPSA) is 131 Å². The number of methoxy groups -OCH3 is 1. The Labute approximate surface area is 198 Å². The van der Waals surface area contributed by atoms with E-state index in [4.69, 9.17) is 13.9 Å². The van der Waals surface area contributed by atoms with Gasteiger partial charge in [-0.2, -0.15) is 4.31 Å². The van der Waals surface area contributed by atoms with Crippen LogP contribution >= 0.6 is 0 Å². The minimum Gasteiger partial charge on any atom is -0.467 e. The number of aromatic nitrogens is 1. The van der Waals surface area contributed by atoms with Gasteiger partial charge in [-0.25, -0.2) is 18.2 Å². The molecule has 0 atom stereocenters. The van der Waals surface area contributed by atoms with Crippen molar-refractivity contribution < 1.29 is 31.9 Å². The van der Waals surface area contributed by atoms with Crippen molar-refractivity contribution in [1.82, 2.24) is 14.6 Å². The van der Waals surface area contributed by atoms with Gasteiger partial charge in [-0.3, -0.25) is 4.79 Å². The van der Waals surface area contributed by atoms with E-state index in [0.717, 1.165) is 0 Å². The number of pyridine rings is 1. The van der Waals surface area contributed by atoms with Crippen LogP contribution in [0.4, 0.5) is 5.82 Å². The maximum atomic E-state index is 13.5. The molecule has 0 spiro atoms. The lowest BCUT2D eigenvalue weighted by Gasteiger charge is -2.34. The highest BCUT2D eigenvalue weighted by Gasteiger charge is 2.34. The highest BCUT2D eigenvalue weighted by Crippen LogP contribution is 2.31. The third kappa shape index (κ3) is 5.24. The van der Waals surface area contributed by atoms with Gasteiger partial charge in [0, 0.05) is 38.3 Å². The molecule has 0 bridgehead atoms. The molecule has 0 aliphatic carbocycles. The maximum Gasteiger partial charge on any atom is 0.339 e. The molecule has 34 heavy (non-hydrogen) atoms. The molecule has 4 heterocycles. The summed E-state index contributed by atoms with van der Waals surface area (Å²) >= 11 is 0. The molecular weight excluding hydrogens is 464 g/mol. The van der Waals surface area contributed by atoms with Crippen LogP contribution in [0, 0.1) is 5.92 Å². The van der Waals surface area contributed by atoms with Gasteiger partial charge in [0.05, 0.1) is 38.7 Å². The Morgan fingerprint density at radius 3 is 2.59 bits per heavy atom. The second-order valence-corrected chi connectivity index (χ2v) is 10.0. The fourth-order valence-electron chi connectivity index (χ4n) is 4.11. The fraction of sp³-hybridized carbons (Fsp3) is 0.500. The summed E-state index contributed by atoms with van der Waals surface area (Å²) in [5, 5.41) is 2.88. The molecule has 2 aliphatic rings. The quantitative estimate of drug-likeness (QED) is 0.563. The van der Waals surface area contributed by atoms with E-state index in [0.29, 0.717) is 51.4 Å². The normalized spacial score (nSPS) is 18.0. The van der Waals surface area contributed by atoms with E-state index in [1.165, 1.54) is 23.7 Å². The third-order valence-corrected chi connectivity index (χ3v) is 7.93. The number of piperidine rings is 1. The molecule has 0 unspecified atom stereocenters. The van der Waals surface area contributed by atoms with Crippen LogP contribution < -0.4 is 10.2 Å². The summed E-state index contributed by atoms with van der Waals surface area (Å²) in [6, 6.07) is 4.88. The Morgan fingerprint density at radius 1 is 1.21 bits per heavy atom. The Hall–Kier alpha value is -2.96. The molecule has 12 heteroatoms. The molecule has 0 radical (unpaired) electrons. The van der Waals surface area contributed by atoms with Gasteiger partial charge >= 0.3 is 5.97 Å². The van der Waals surface area contributed by atoms with E-state index in [1.807, 2.05) is 4.90 Å². The van der Waals surface area contributed by atoms with Crippen LogP contribution in [-0.4, -0.2) is 76.1 Å². The summed E-state index contributed by atoms with van der Waals surface area (Å²) in [7, 11) is -2.69. The number of anilines is 1. The van der Waals surface area contributed by atoms with Crippen LogP contribution in [-0.2, 0) is 30.8 Å². The first-order valence-electron chi connectivity index (χ1n) is 11.1. The van der Waals surface area contributed by atoms with E-state index in [9.17, 15) is 18.0 Å². The van der Waals surface area contributed by atoms with E-state index < -0.39 is 16.0 Å². The number of ether oxygens (including phenoxy) is 2. The van der Waals surface area contributed by atoms with E-state index in [-0.39, 0.29) is 41.2 Å². The number of furan rings is 1. The Kier molecular flexibility index (Phi) is 7.49. The van der Waals surface area contributed by atoms with Gasteiger partial charge in [0.15, 0.2) is 0 Å². The van der Waals surface area contributed by atoms with Crippen LogP contribution in [0.1, 0.15) is 29.0 Å². The van der Waals surface area contributed by atoms with Gasteiger partial charge in [0.25, 0.3) is 0 Å². The van der Waals surface area contributed by atoms with Crippen molar-refractivity contribution in [2.45, 2.75) is 24.3 Å². The second-order valence-electron chi connectivity index (χ2n) is 8.11. The first-order chi connectivity index (χ1) is 16.4. The molecule has 2 aromatic heterocycles. The molecule has 4 rings (SSSR count). The zero-order chi connectivity index (χ0) is 24.1. The average molecular weight is 493 g/mol. The number of carbonyl (C=O) groups is 2. The van der Waals surface area contributed by atoms with Gasteiger partial charge in [0.1, 0.15) is 16.5 Å². The molecule has 0 saturated carbocycles. The molecule has 184 valence electrons. The largest absolute Gasteiger partial charge is 0.467 e. The van der Waals surface area contributed by atoms with Crippen LogP contribution in [0.2, 0.25) is 0 Å². The lowest BCUT2D eigenvalue weighted by Crippen LogP contribution is -2.43. The predicted octanol–water partition coefficient (Wildman–Crippen LogP) is 1.01. The Morgan fingerprint density at radius 2 is 1.94 bits per heavy atom. The fourth-order valence-corrected chi connectivity index (χ4v) is 5.70. The molecule has 2 aromatic rings. The van der Waals surface area contributed by atoms with Crippen LogP contribution in [0.15, 0.2) is 40.0 Å². The molecule has 1 amide bonds. The van der Waals surface area contributed by atoms with Gasteiger partial charge in [-0.1, -0.05) is 0 Å². The lowest BCUT2D eigenvalue weighted by molar-refractivity contribution is -0.125. The zero-order valence-electron chi connectivity index (χ0n) is 18.9. The van der Waals surface area contributed by atoms with Crippen molar-refractivity contribution in [3.8, 4) is 0 Å². The molecule has 1 N–H and O–H groups in total. The number of carbonyl (C=O) groups excluding carboxylic acids is 2. The van der Waals surface area contributed by atoms with Crippen molar-refractivity contribution in [3.05, 3.63) is 42.0 Å². The number of morpholine rings is 1. The number of hydrogen-bond donors (Lipinski definition) is 1. The van der Waals surface area contributed by atoms with Crippen molar-refractivity contribution in [2.24, 2.45) is 5.92 Å². The monoisotopic (exact) mass is 492 g/mol. The summed E-state index contributed by atoms with van der Waals surface area (Å²) in [5.74, 6) is 0.0303. The summed E-state index contributed by atoms with van der Waals surface area (Å²) < 4.78 is 43.5. The van der Waals surface area contributed by atoms with Gasteiger partial charge in [-0.15, -0.1) is 0 Å². The zero-order valence-corrected chi connectivity index (χ0v) is 19.8. The number of amides is 1. The van der Waals surface area contributed by atoms with Crippen molar-refractivity contribution in [2.75, 3.05) is 51.4 Å². The van der Waals surface area contributed by atoms with Gasteiger partial charge in [0.2, 0.25) is 15.9 Å².